The van der Waals surface area contributed by atoms with Crippen molar-refractivity contribution in [2.24, 2.45) is 0 Å². The Morgan fingerprint density at radius 1 is 1.10 bits per heavy atom. The zero-order valence-electron chi connectivity index (χ0n) is 16.6. The number of hydrogen-bond donors (Lipinski definition) is 1. The molecule has 0 bridgehead atoms. The van der Waals surface area contributed by atoms with E-state index in [0.29, 0.717) is 11.6 Å². The van der Waals surface area contributed by atoms with Gasteiger partial charge >= 0.3 is 0 Å². The molecule has 0 fully saturated rings. The number of carbonyl (C=O) groups excluding carboxylic acids is 2. The van der Waals surface area contributed by atoms with Crippen molar-refractivity contribution in [3.8, 4) is 5.69 Å². The molecule has 1 aromatic heterocycles. The third-order valence-electron chi connectivity index (χ3n) is 4.66. The third-order valence-corrected chi connectivity index (χ3v) is 5.71. The van der Waals surface area contributed by atoms with Gasteiger partial charge in [-0.15, -0.1) is 11.8 Å². The van der Waals surface area contributed by atoms with Gasteiger partial charge < -0.3 is 10.2 Å². The summed E-state index contributed by atoms with van der Waals surface area (Å²) in [6.07, 6.45) is 0. The Bertz CT molecular complexity index is 1090. The van der Waals surface area contributed by atoms with Crippen LogP contribution in [0.3, 0.4) is 0 Å². The average Bonchev–Trinajstić information content (AvgIpc) is 3.03. The Hall–Kier alpha value is -3.06. The SMILES string of the molecule is Cc1cc(C)cc(-n2nc(C)cc2NC(=O)CN2C(=O)CSc3ccccc32)c1. The van der Waals surface area contributed by atoms with Crippen molar-refractivity contribution in [1.82, 2.24) is 9.78 Å². The summed E-state index contributed by atoms with van der Waals surface area (Å²) in [6.45, 7) is 5.91. The van der Waals surface area contributed by atoms with E-state index in [4.69, 9.17) is 0 Å². The zero-order valence-corrected chi connectivity index (χ0v) is 17.4. The second-order valence-corrected chi connectivity index (χ2v) is 8.23. The van der Waals surface area contributed by atoms with Crippen molar-refractivity contribution < 1.29 is 9.59 Å². The van der Waals surface area contributed by atoms with Crippen LogP contribution in [0.25, 0.3) is 5.69 Å². The minimum Gasteiger partial charge on any atom is -0.309 e. The first-order valence-electron chi connectivity index (χ1n) is 9.38. The fourth-order valence-corrected chi connectivity index (χ4v) is 4.45. The average molecular weight is 407 g/mol. The number of amides is 2. The molecular formula is C22H22N4O2S. The van der Waals surface area contributed by atoms with Gasteiger partial charge in [0, 0.05) is 11.0 Å². The van der Waals surface area contributed by atoms with Crippen LogP contribution in [0.1, 0.15) is 16.8 Å². The van der Waals surface area contributed by atoms with E-state index in [9.17, 15) is 9.59 Å². The van der Waals surface area contributed by atoms with E-state index in [1.807, 2.05) is 63.2 Å². The van der Waals surface area contributed by atoms with Crippen molar-refractivity contribution in [1.29, 1.82) is 0 Å². The number of fused-ring (bicyclic) bond motifs is 1. The molecule has 0 unspecified atom stereocenters. The number of aromatic nitrogens is 2. The lowest BCUT2D eigenvalue weighted by Crippen LogP contribution is -2.41. The number of aryl methyl sites for hydroxylation is 3. The summed E-state index contributed by atoms with van der Waals surface area (Å²) in [4.78, 5) is 27.8. The van der Waals surface area contributed by atoms with E-state index in [1.165, 1.54) is 11.8 Å². The maximum absolute atomic E-state index is 12.8. The Labute approximate surface area is 173 Å². The molecule has 1 N–H and O–H groups in total. The molecule has 4 rings (SSSR count). The van der Waals surface area contributed by atoms with Crippen LogP contribution in [0, 0.1) is 20.8 Å². The maximum atomic E-state index is 12.8. The van der Waals surface area contributed by atoms with Gasteiger partial charge in [-0.1, -0.05) is 18.2 Å². The molecule has 2 heterocycles. The minimum absolute atomic E-state index is 0.0342. The number of rotatable bonds is 4. The van der Waals surface area contributed by atoms with Gasteiger partial charge in [-0.3, -0.25) is 9.59 Å². The van der Waals surface area contributed by atoms with Crippen molar-refractivity contribution in [2.75, 3.05) is 22.5 Å². The Morgan fingerprint density at radius 3 is 2.59 bits per heavy atom. The summed E-state index contributed by atoms with van der Waals surface area (Å²) in [7, 11) is 0. The number of carbonyl (C=O) groups is 2. The highest BCUT2D eigenvalue weighted by atomic mass is 32.2. The molecule has 29 heavy (non-hydrogen) atoms. The Balaban J connectivity index is 1.58. The highest BCUT2D eigenvalue weighted by Gasteiger charge is 2.26. The summed E-state index contributed by atoms with van der Waals surface area (Å²) in [5.41, 5.74) is 4.72. The standard InChI is InChI=1S/C22H22N4O2S/c1-14-8-15(2)10-17(9-14)26-20(11-16(3)24-26)23-21(27)12-25-18-6-4-5-7-19(18)29-13-22(25)28/h4-11H,12-13H2,1-3H3,(H,23,27). The number of thioether (sulfide) groups is 1. The highest BCUT2D eigenvalue weighted by Crippen LogP contribution is 2.34. The van der Waals surface area contributed by atoms with Crippen molar-refractivity contribution in [2.45, 2.75) is 25.7 Å². The second kappa shape index (κ2) is 7.75. The van der Waals surface area contributed by atoms with Crippen LogP contribution in [0.15, 0.2) is 53.4 Å². The normalized spacial score (nSPS) is 13.3. The smallest absolute Gasteiger partial charge is 0.245 e. The second-order valence-electron chi connectivity index (χ2n) is 7.21. The van der Waals surface area contributed by atoms with Gasteiger partial charge in [-0.25, -0.2) is 4.68 Å². The topological polar surface area (TPSA) is 67.2 Å². The Kier molecular flexibility index (Phi) is 5.15. The lowest BCUT2D eigenvalue weighted by Gasteiger charge is -2.28. The molecule has 0 saturated heterocycles. The van der Waals surface area contributed by atoms with E-state index < -0.39 is 0 Å². The summed E-state index contributed by atoms with van der Waals surface area (Å²) < 4.78 is 1.73. The quantitative estimate of drug-likeness (QED) is 0.714. The molecule has 0 radical (unpaired) electrons. The minimum atomic E-state index is -0.259. The predicted molar refractivity (Wildman–Crippen MR) is 116 cm³/mol. The van der Waals surface area contributed by atoms with E-state index in [2.05, 4.69) is 16.5 Å². The lowest BCUT2D eigenvalue weighted by atomic mass is 10.1. The van der Waals surface area contributed by atoms with Gasteiger partial charge in [-0.2, -0.15) is 5.10 Å². The van der Waals surface area contributed by atoms with Crippen molar-refractivity contribution >= 4 is 35.1 Å². The fourth-order valence-electron chi connectivity index (χ4n) is 3.51. The van der Waals surface area contributed by atoms with Gasteiger partial charge in [0.05, 0.1) is 22.8 Å². The zero-order chi connectivity index (χ0) is 20.5. The molecule has 1 aliphatic rings. The van der Waals surface area contributed by atoms with Crippen LogP contribution in [0.2, 0.25) is 0 Å². The van der Waals surface area contributed by atoms with Crippen LogP contribution in [-0.2, 0) is 9.59 Å². The monoisotopic (exact) mass is 406 g/mol. The molecule has 0 aliphatic carbocycles. The first-order chi connectivity index (χ1) is 13.9. The molecule has 1 aliphatic heterocycles. The van der Waals surface area contributed by atoms with Crippen LogP contribution < -0.4 is 10.2 Å². The van der Waals surface area contributed by atoms with Gasteiger partial charge in [0.15, 0.2) is 0 Å². The van der Waals surface area contributed by atoms with Crippen LogP contribution in [0.5, 0.6) is 0 Å². The van der Waals surface area contributed by atoms with Crippen molar-refractivity contribution in [3.05, 3.63) is 65.4 Å². The molecule has 3 aromatic rings. The summed E-state index contributed by atoms with van der Waals surface area (Å²) in [6, 6.07) is 15.6. The van der Waals surface area contributed by atoms with Gasteiger partial charge in [-0.05, 0) is 56.2 Å². The summed E-state index contributed by atoms with van der Waals surface area (Å²) in [5, 5.41) is 7.46. The number of nitrogens with one attached hydrogen (secondary N) is 1. The van der Waals surface area contributed by atoms with E-state index >= 15 is 0 Å². The van der Waals surface area contributed by atoms with Crippen LogP contribution in [-0.4, -0.2) is 33.9 Å². The largest absolute Gasteiger partial charge is 0.309 e. The molecule has 0 saturated carbocycles. The van der Waals surface area contributed by atoms with Gasteiger partial charge in [0.1, 0.15) is 12.4 Å². The van der Waals surface area contributed by atoms with Crippen LogP contribution >= 0.6 is 11.8 Å². The van der Waals surface area contributed by atoms with E-state index in [0.717, 1.165) is 33.1 Å². The number of nitrogens with zero attached hydrogens (tertiary/aromatic N) is 3. The fraction of sp³-hybridized carbons (Fsp3) is 0.227. The van der Waals surface area contributed by atoms with E-state index in [1.54, 1.807) is 9.58 Å². The van der Waals surface area contributed by atoms with Gasteiger partial charge in [0.25, 0.3) is 0 Å². The van der Waals surface area contributed by atoms with E-state index in [-0.39, 0.29) is 18.4 Å². The molecular weight excluding hydrogens is 384 g/mol. The summed E-state index contributed by atoms with van der Waals surface area (Å²) >= 11 is 1.50. The molecule has 6 nitrogen and oxygen atoms in total. The first kappa shape index (κ1) is 19.3. The highest BCUT2D eigenvalue weighted by molar-refractivity contribution is 8.00. The third kappa shape index (κ3) is 4.05. The molecule has 0 atom stereocenters. The first-order valence-corrected chi connectivity index (χ1v) is 10.4. The molecule has 2 aromatic carbocycles. The molecule has 2 amide bonds. The maximum Gasteiger partial charge on any atom is 0.245 e. The van der Waals surface area contributed by atoms with Crippen LogP contribution in [0.4, 0.5) is 11.5 Å². The molecule has 148 valence electrons. The molecule has 0 spiro atoms. The van der Waals surface area contributed by atoms with Gasteiger partial charge in [0.2, 0.25) is 11.8 Å². The molecule has 7 heteroatoms. The number of benzene rings is 2. The Morgan fingerprint density at radius 2 is 1.83 bits per heavy atom. The van der Waals surface area contributed by atoms with Crippen molar-refractivity contribution in [3.63, 3.8) is 0 Å². The number of para-hydroxylation sites is 1. The lowest BCUT2D eigenvalue weighted by molar-refractivity contribution is -0.120. The predicted octanol–water partition coefficient (Wildman–Crippen LogP) is 3.87. The number of hydrogen-bond acceptors (Lipinski definition) is 4. The summed E-state index contributed by atoms with van der Waals surface area (Å²) in [5.74, 6) is 0.599. The number of anilines is 2.